The van der Waals surface area contributed by atoms with E-state index in [4.69, 9.17) is 23.8 Å². The molecular formula is C22H19ClN4OS2. The summed E-state index contributed by atoms with van der Waals surface area (Å²) in [5.41, 5.74) is 3.35. The lowest BCUT2D eigenvalue weighted by Gasteiger charge is -2.25. The van der Waals surface area contributed by atoms with Crippen molar-refractivity contribution in [2.24, 2.45) is 0 Å². The molecule has 2 aromatic carbocycles. The third-order valence-electron chi connectivity index (χ3n) is 5.43. The molecule has 0 aliphatic carbocycles. The molecular weight excluding hydrogens is 436 g/mol. The van der Waals surface area contributed by atoms with Crippen molar-refractivity contribution in [1.82, 2.24) is 14.7 Å². The Morgan fingerprint density at radius 3 is 2.70 bits per heavy atom. The van der Waals surface area contributed by atoms with Gasteiger partial charge in [-0.3, -0.25) is 9.48 Å². The van der Waals surface area contributed by atoms with Crippen molar-refractivity contribution < 1.29 is 4.79 Å². The fourth-order valence-electron chi connectivity index (χ4n) is 3.85. The number of aryl methyl sites for hydroxylation is 1. The van der Waals surface area contributed by atoms with Gasteiger partial charge in [0.1, 0.15) is 11.4 Å². The van der Waals surface area contributed by atoms with E-state index in [1.165, 1.54) is 5.56 Å². The summed E-state index contributed by atoms with van der Waals surface area (Å²) in [6.45, 7) is 2.60. The zero-order valence-electron chi connectivity index (χ0n) is 16.2. The van der Waals surface area contributed by atoms with Gasteiger partial charge < -0.3 is 4.90 Å². The lowest BCUT2D eigenvalue weighted by molar-refractivity contribution is -0.119. The molecule has 2 aliphatic heterocycles. The molecule has 152 valence electrons. The van der Waals surface area contributed by atoms with E-state index in [0.717, 1.165) is 11.1 Å². The highest BCUT2D eigenvalue weighted by molar-refractivity contribution is 7.99. The van der Waals surface area contributed by atoms with Crippen molar-refractivity contribution in [3.8, 4) is 0 Å². The number of halogens is 1. The zero-order chi connectivity index (χ0) is 20.8. The number of carbonyl (C=O) groups excluding carboxylic acids is 1. The van der Waals surface area contributed by atoms with Crippen LogP contribution in [0.2, 0.25) is 5.02 Å². The molecule has 0 unspecified atom stereocenters. The molecule has 1 aromatic heterocycles. The normalized spacial score (nSPS) is 20.9. The number of amides is 1. The summed E-state index contributed by atoms with van der Waals surface area (Å²) in [5, 5.41) is 5.86. The molecule has 1 amide bonds. The predicted octanol–water partition coefficient (Wildman–Crippen LogP) is 4.64. The first-order valence-corrected chi connectivity index (χ1v) is 11.5. The van der Waals surface area contributed by atoms with E-state index in [-0.39, 0.29) is 17.3 Å². The van der Waals surface area contributed by atoms with Crippen molar-refractivity contribution in [3.05, 3.63) is 82.5 Å². The van der Waals surface area contributed by atoms with Crippen LogP contribution in [0.4, 0.5) is 5.82 Å². The number of hydrogen-bond donors (Lipinski definition) is 0. The summed E-state index contributed by atoms with van der Waals surface area (Å²) < 4.78 is 1.78. The quantitative estimate of drug-likeness (QED) is 0.537. The minimum absolute atomic E-state index is 0.00916. The summed E-state index contributed by atoms with van der Waals surface area (Å²) in [7, 11) is 0. The molecule has 5 rings (SSSR count). The van der Waals surface area contributed by atoms with Gasteiger partial charge in [0.05, 0.1) is 6.54 Å². The predicted molar refractivity (Wildman–Crippen MR) is 125 cm³/mol. The minimum Gasteiger partial charge on any atom is -0.319 e. The molecule has 30 heavy (non-hydrogen) atoms. The molecule has 0 saturated carbocycles. The van der Waals surface area contributed by atoms with Crippen LogP contribution >= 0.6 is 35.6 Å². The number of anilines is 1. The first-order valence-electron chi connectivity index (χ1n) is 9.64. The summed E-state index contributed by atoms with van der Waals surface area (Å²) in [6, 6.07) is 17.7. The Balaban J connectivity index is 1.39. The van der Waals surface area contributed by atoms with Crippen molar-refractivity contribution in [3.63, 3.8) is 0 Å². The van der Waals surface area contributed by atoms with E-state index in [1.54, 1.807) is 21.3 Å². The Labute approximate surface area is 189 Å². The molecule has 2 saturated heterocycles. The van der Waals surface area contributed by atoms with Crippen LogP contribution in [0.3, 0.4) is 0 Å². The second-order valence-corrected chi connectivity index (χ2v) is 9.32. The van der Waals surface area contributed by atoms with Crippen LogP contribution in [0.15, 0.2) is 60.8 Å². The lowest BCUT2D eigenvalue weighted by atomic mass is 10.1. The molecule has 2 atom stereocenters. The fraction of sp³-hybridized carbons (Fsp3) is 0.227. The zero-order valence-corrected chi connectivity index (χ0v) is 18.6. The van der Waals surface area contributed by atoms with Gasteiger partial charge in [0.25, 0.3) is 5.91 Å². The Morgan fingerprint density at radius 2 is 1.93 bits per heavy atom. The highest BCUT2D eigenvalue weighted by Crippen LogP contribution is 2.46. The van der Waals surface area contributed by atoms with E-state index in [9.17, 15) is 4.79 Å². The molecule has 2 fully saturated rings. The van der Waals surface area contributed by atoms with Gasteiger partial charge in [0, 0.05) is 23.0 Å². The van der Waals surface area contributed by atoms with Crippen LogP contribution in [0, 0.1) is 6.92 Å². The van der Waals surface area contributed by atoms with Gasteiger partial charge >= 0.3 is 0 Å². The second kappa shape index (κ2) is 7.72. The first-order chi connectivity index (χ1) is 14.5. The molecule has 3 aromatic rings. The Bertz CT molecular complexity index is 1130. The molecule has 0 spiro atoms. The molecule has 0 N–H and O–H groups in total. The number of rotatable bonds is 4. The summed E-state index contributed by atoms with van der Waals surface area (Å²) in [4.78, 5) is 16.8. The van der Waals surface area contributed by atoms with Gasteiger partial charge in [-0.2, -0.15) is 5.10 Å². The molecule has 5 nitrogen and oxygen atoms in total. The van der Waals surface area contributed by atoms with Gasteiger partial charge in [-0.1, -0.05) is 59.6 Å². The fourth-order valence-corrected chi connectivity index (χ4v) is 5.95. The standard InChI is InChI=1S/C22H19ClN4OS2/c1-14-6-8-15(9-7-14)21-26-18(13-30-21)20(28)27(22(26)29)19-10-11-25(24-19)12-16-4-2-3-5-17(16)23/h2-11,18,21H,12-13H2,1H3/t18-,21+/m1/s1. The van der Waals surface area contributed by atoms with Crippen LogP contribution in [0.1, 0.15) is 22.1 Å². The maximum atomic E-state index is 13.2. The average molecular weight is 455 g/mol. The van der Waals surface area contributed by atoms with Crippen molar-refractivity contribution in [1.29, 1.82) is 0 Å². The van der Waals surface area contributed by atoms with Gasteiger partial charge in [-0.25, -0.2) is 4.90 Å². The van der Waals surface area contributed by atoms with Crippen LogP contribution in [-0.2, 0) is 11.3 Å². The largest absolute Gasteiger partial charge is 0.319 e. The Morgan fingerprint density at radius 1 is 1.17 bits per heavy atom. The van der Waals surface area contributed by atoms with Crippen molar-refractivity contribution in [2.75, 3.05) is 10.7 Å². The SMILES string of the molecule is Cc1ccc([C@@H]2SC[C@@H]3C(=O)N(c4ccn(Cc5ccccc5Cl)n4)C(=S)N32)cc1. The van der Waals surface area contributed by atoms with E-state index in [0.29, 0.717) is 28.3 Å². The Kier molecular flexibility index (Phi) is 5.05. The maximum absolute atomic E-state index is 13.2. The van der Waals surface area contributed by atoms with Crippen LogP contribution in [0.5, 0.6) is 0 Å². The van der Waals surface area contributed by atoms with E-state index < -0.39 is 0 Å². The first kappa shape index (κ1) is 19.6. The minimum atomic E-state index is -0.248. The Hall–Kier alpha value is -2.35. The number of benzene rings is 2. The van der Waals surface area contributed by atoms with Crippen LogP contribution < -0.4 is 4.90 Å². The van der Waals surface area contributed by atoms with E-state index in [2.05, 4.69) is 41.2 Å². The van der Waals surface area contributed by atoms with Crippen LogP contribution in [-0.4, -0.2) is 37.5 Å². The smallest absolute Gasteiger partial charge is 0.258 e. The lowest BCUT2D eigenvalue weighted by Crippen LogP contribution is -2.34. The maximum Gasteiger partial charge on any atom is 0.258 e. The van der Waals surface area contributed by atoms with Crippen molar-refractivity contribution >= 4 is 52.4 Å². The highest BCUT2D eigenvalue weighted by Gasteiger charge is 2.51. The van der Waals surface area contributed by atoms with Crippen molar-refractivity contribution in [2.45, 2.75) is 24.9 Å². The number of aromatic nitrogens is 2. The summed E-state index contributed by atoms with van der Waals surface area (Å²) in [5.74, 6) is 1.26. The summed E-state index contributed by atoms with van der Waals surface area (Å²) >= 11 is 13.8. The van der Waals surface area contributed by atoms with Gasteiger partial charge in [-0.15, -0.1) is 11.8 Å². The third-order valence-corrected chi connectivity index (χ3v) is 7.51. The number of carbonyl (C=O) groups is 1. The number of thioether (sulfide) groups is 1. The molecule has 2 aliphatic rings. The highest BCUT2D eigenvalue weighted by atomic mass is 35.5. The molecule has 8 heteroatoms. The second-order valence-electron chi connectivity index (χ2n) is 7.44. The van der Waals surface area contributed by atoms with E-state index >= 15 is 0 Å². The average Bonchev–Trinajstić information content (AvgIpc) is 3.42. The summed E-state index contributed by atoms with van der Waals surface area (Å²) in [6.07, 6.45) is 1.85. The third kappa shape index (κ3) is 3.31. The monoisotopic (exact) mass is 454 g/mol. The molecule has 0 bridgehead atoms. The van der Waals surface area contributed by atoms with Gasteiger partial charge in [0.2, 0.25) is 0 Å². The van der Waals surface area contributed by atoms with E-state index in [1.807, 2.05) is 36.5 Å². The number of fused-ring (bicyclic) bond motifs is 1. The number of nitrogens with zero attached hydrogens (tertiary/aromatic N) is 4. The van der Waals surface area contributed by atoms with Gasteiger partial charge in [-0.05, 0) is 36.3 Å². The number of thiocarbonyl (C=S) groups is 1. The van der Waals surface area contributed by atoms with Crippen LogP contribution in [0.25, 0.3) is 0 Å². The van der Waals surface area contributed by atoms with Gasteiger partial charge in [0.15, 0.2) is 10.9 Å². The topological polar surface area (TPSA) is 41.4 Å². The molecule has 0 radical (unpaired) electrons. The molecule has 3 heterocycles. The number of hydrogen-bond acceptors (Lipinski definition) is 4.